The van der Waals surface area contributed by atoms with E-state index in [-0.39, 0.29) is 12.5 Å². The second kappa shape index (κ2) is 6.12. The molecule has 0 aliphatic carbocycles. The van der Waals surface area contributed by atoms with Crippen LogP contribution in [0.2, 0.25) is 0 Å². The molecule has 0 unspecified atom stereocenters. The summed E-state index contributed by atoms with van der Waals surface area (Å²) in [6.07, 6.45) is 0. The van der Waals surface area contributed by atoms with Crippen molar-refractivity contribution in [1.29, 1.82) is 0 Å². The zero-order valence-corrected chi connectivity index (χ0v) is 9.75. The number of carbonyl (C=O) groups excluding carboxylic acids is 1. The van der Waals surface area contributed by atoms with Gasteiger partial charge in [0.05, 0.1) is 0 Å². The van der Waals surface area contributed by atoms with Crippen molar-refractivity contribution in [2.45, 2.75) is 13.8 Å². The predicted molar refractivity (Wildman–Crippen MR) is 63.5 cm³/mol. The third-order valence-electron chi connectivity index (χ3n) is 2.31. The topological polar surface area (TPSA) is 64.3 Å². The minimum atomic E-state index is -0.149. The van der Waals surface area contributed by atoms with E-state index in [0.29, 0.717) is 18.8 Å². The lowest BCUT2D eigenvalue weighted by molar-refractivity contribution is -0.123. The van der Waals surface area contributed by atoms with Crippen molar-refractivity contribution >= 4 is 5.91 Å². The Morgan fingerprint density at radius 1 is 1.38 bits per heavy atom. The van der Waals surface area contributed by atoms with Crippen molar-refractivity contribution in [3.05, 3.63) is 29.3 Å². The van der Waals surface area contributed by atoms with E-state index in [4.69, 9.17) is 10.5 Å². The van der Waals surface area contributed by atoms with E-state index in [2.05, 4.69) is 5.32 Å². The molecule has 0 heterocycles. The van der Waals surface area contributed by atoms with Crippen LogP contribution in [0.15, 0.2) is 18.2 Å². The Kier molecular flexibility index (Phi) is 4.79. The van der Waals surface area contributed by atoms with E-state index in [0.717, 1.165) is 5.56 Å². The number of benzene rings is 1. The van der Waals surface area contributed by atoms with Crippen molar-refractivity contribution in [3.63, 3.8) is 0 Å². The first-order valence-corrected chi connectivity index (χ1v) is 5.30. The van der Waals surface area contributed by atoms with Crippen molar-refractivity contribution in [2.24, 2.45) is 5.73 Å². The van der Waals surface area contributed by atoms with Gasteiger partial charge in [-0.25, -0.2) is 0 Å². The van der Waals surface area contributed by atoms with Crippen LogP contribution in [-0.2, 0) is 4.79 Å². The molecule has 3 N–H and O–H groups in total. The fraction of sp³-hybridized carbons (Fsp3) is 0.417. The third-order valence-corrected chi connectivity index (χ3v) is 2.31. The summed E-state index contributed by atoms with van der Waals surface area (Å²) in [5, 5.41) is 2.64. The Bertz CT molecular complexity index is 364. The van der Waals surface area contributed by atoms with Crippen LogP contribution in [0.3, 0.4) is 0 Å². The zero-order chi connectivity index (χ0) is 12.0. The molecule has 0 aliphatic heterocycles. The highest BCUT2D eigenvalue weighted by molar-refractivity contribution is 5.77. The molecule has 1 aromatic rings. The zero-order valence-electron chi connectivity index (χ0n) is 9.75. The quantitative estimate of drug-likeness (QED) is 0.773. The van der Waals surface area contributed by atoms with Crippen molar-refractivity contribution in [3.8, 4) is 5.75 Å². The van der Waals surface area contributed by atoms with Gasteiger partial charge < -0.3 is 15.8 Å². The Hall–Kier alpha value is -1.55. The number of ether oxygens (including phenoxy) is 1. The van der Waals surface area contributed by atoms with E-state index in [1.165, 1.54) is 5.56 Å². The van der Waals surface area contributed by atoms with Crippen LogP contribution in [0.5, 0.6) is 5.75 Å². The molecule has 4 heteroatoms. The highest BCUT2D eigenvalue weighted by Crippen LogP contribution is 2.15. The van der Waals surface area contributed by atoms with Crippen molar-refractivity contribution in [2.75, 3.05) is 19.7 Å². The maximum Gasteiger partial charge on any atom is 0.257 e. The largest absolute Gasteiger partial charge is 0.484 e. The molecule has 0 aromatic heterocycles. The third kappa shape index (κ3) is 3.90. The summed E-state index contributed by atoms with van der Waals surface area (Å²) in [7, 11) is 0. The van der Waals surface area contributed by atoms with Crippen LogP contribution < -0.4 is 15.8 Å². The summed E-state index contributed by atoms with van der Waals surface area (Å²) in [5.41, 5.74) is 7.63. The molecule has 0 fully saturated rings. The van der Waals surface area contributed by atoms with Gasteiger partial charge >= 0.3 is 0 Å². The van der Waals surface area contributed by atoms with Crippen LogP contribution in [0, 0.1) is 13.8 Å². The lowest BCUT2D eigenvalue weighted by Gasteiger charge is -2.08. The second-order valence-corrected chi connectivity index (χ2v) is 3.67. The Morgan fingerprint density at radius 2 is 2.12 bits per heavy atom. The number of amides is 1. The first-order valence-electron chi connectivity index (χ1n) is 5.30. The molecule has 0 saturated carbocycles. The maximum absolute atomic E-state index is 11.2. The minimum Gasteiger partial charge on any atom is -0.484 e. The Labute approximate surface area is 95.8 Å². The summed E-state index contributed by atoms with van der Waals surface area (Å²) in [5.74, 6) is 0.565. The standard InChI is InChI=1S/C12H18N2O2/c1-9-3-4-11(7-10(9)2)16-8-12(15)14-6-5-13/h3-4,7H,5-6,8,13H2,1-2H3,(H,14,15). The van der Waals surface area contributed by atoms with Crippen LogP contribution in [0.1, 0.15) is 11.1 Å². The molecule has 4 nitrogen and oxygen atoms in total. The highest BCUT2D eigenvalue weighted by Gasteiger charge is 2.02. The summed E-state index contributed by atoms with van der Waals surface area (Å²) in [6.45, 7) is 5.00. The molecule has 0 saturated heterocycles. The lowest BCUT2D eigenvalue weighted by atomic mass is 10.1. The maximum atomic E-state index is 11.2. The molecule has 1 aromatic carbocycles. The van der Waals surface area contributed by atoms with E-state index < -0.39 is 0 Å². The molecule has 0 aliphatic rings. The number of nitrogens with two attached hydrogens (primary N) is 1. The van der Waals surface area contributed by atoms with Gasteiger partial charge in [-0.3, -0.25) is 4.79 Å². The van der Waals surface area contributed by atoms with Crippen molar-refractivity contribution < 1.29 is 9.53 Å². The first kappa shape index (κ1) is 12.5. The van der Waals surface area contributed by atoms with Crippen LogP contribution in [-0.4, -0.2) is 25.6 Å². The van der Waals surface area contributed by atoms with E-state index in [1.807, 2.05) is 32.0 Å². The fourth-order valence-corrected chi connectivity index (χ4v) is 1.22. The number of aryl methyl sites for hydroxylation is 2. The molecular formula is C12H18N2O2. The first-order chi connectivity index (χ1) is 7.63. The molecular weight excluding hydrogens is 204 g/mol. The van der Waals surface area contributed by atoms with Gasteiger partial charge in [0.15, 0.2) is 6.61 Å². The highest BCUT2D eigenvalue weighted by atomic mass is 16.5. The van der Waals surface area contributed by atoms with Gasteiger partial charge in [0.2, 0.25) is 0 Å². The monoisotopic (exact) mass is 222 g/mol. The SMILES string of the molecule is Cc1ccc(OCC(=O)NCCN)cc1C. The van der Waals surface area contributed by atoms with Gasteiger partial charge in [0.1, 0.15) is 5.75 Å². The molecule has 88 valence electrons. The Morgan fingerprint density at radius 3 is 2.75 bits per heavy atom. The Balaban J connectivity index is 2.42. The van der Waals surface area contributed by atoms with Crippen molar-refractivity contribution in [1.82, 2.24) is 5.32 Å². The van der Waals surface area contributed by atoms with Gasteiger partial charge in [-0.1, -0.05) is 6.07 Å². The van der Waals surface area contributed by atoms with Gasteiger partial charge in [-0.15, -0.1) is 0 Å². The average molecular weight is 222 g/mol. The molecule has 0 atom stereocenters. The summed E-state index contributed by atoms with van der Waals surface area (Å²) >= 11 is 0. The minimum absolute atomic E-state index is 0.0303. The smallest absolute Gasteiger partial charge is 0.257 e. The van der Waals surface area contributed by atoms with Gasteiger partial charge in [0, 0.05) is 13.1 Å². The van der Waals surface area contributed by atoms with Crippen LogP contribution >= 0.6 is 0 Å². The number of hydrogen-bond donors (Lipinski definition) is 2. The molecule has 0 bridgehead atoms. The number of carbonyl (C=O) groups is 1. The second-order valence-electron chi connectivity index (χ2n) is 3.67. The lowest BCUT2D eigenvalue weighted by Crippen LogP contribution is -2.32. The van der Waals surface area contributed by atoms with Gasteiger partial charge in [0.25, 0.3) is 5.91 Å². The molecule has 0 spiro atoms. The van der Waals surface area contributed by atoms with E-state index in [1.54, 1.807) is 0 Å². The molecule has 1 amide bonds. The van der Waals surface area contributed by atoms with Crippen LogP contribution in [0.4, 0.5) is 0 Å². The number of nitrogens with one attached hydrogen (secondary N) is 1. The van der Waals surface area contributed by atoms with E-state index >= 15 is 0 Å². The summed E-state index contributed by atoms with van der Waals surface area (Å²) in [4.78, 5) is 11.2. The number of rotatable bonds is 5. The van der Waals surface area contributed by atoms with Gasteiger partial charge in [-0.05, 0) is 37.1 Å². The van der Waals surface area contributed by atoms with Gasteiger partial charge in [-0.2, -0.15) is 0 Å². The normalized spacial score (nSPS) is 9.94. The fourth-order valence-electron chi connectivity index (χ4n) is 1.22. The molecule has 16 heavy (non-hydrogen) atoms. The summed E-state index contributed by atoms with van der Waals surface area (Å²) in [6, 6.07) is 5.76. The molecule has 0 radical (unpaired) electrons. The average Bonchev–Trinajstić information content (AvgIpc) is 2.28. The van der Waals surface area contributed by atoms with E-state index in [9.17, 15) is 4.79 Å². The summed E-state index contributed by atoms with van der Waals surface area (Å²) < 4.78 is 5.35. The predicted octanol–water partition coefficient (Wildman–Crippen LogP) is 0.757. The number of hydrogen-bond acceptors (Lipinski definition) is 3. The molecule has 1 rings (SSSR count). The van der Waals surface area contributed by atoms with Crippen LogP contribution in [0.25, 0.3) is 0 Å².